The summed E-state index contributed by atoms with van der Waals surface area (Å²) < 4.78 is 18.3. The van der Waals surface area contributed by atoms with Gasteiger partial charge in [0.15, 0.2) is 5.69 Å². The molecule has 6 heteroatoms. The number of ether oxygens (including phenoxy) is 1. The molecule has 1 aromatic heterocycles. The Kier molecular flexibility index (Phi) is 3.18. The van der Waals surface area contributed by atoms with Gasteiger partial charge >= 0.3 is 5.97 Å². The van der Waals surface area contributed by atoms with Gasteiger partial charge in [-0.1, -0.05) is 6.07 Å². The van der Waals surface area contributed by atoms with E-state index < -0.39 is 11.8 Å². The van der Waals surface area contributed by atoms with Crippen molar-refractivity contribution >= 4 is 5.97 Å². The van der Waals surface area contributed by atoms with E-state index in [2.05, 4.69) is 10.2 Å². The molecule has 0 atom stereocenters. The summed E-state index contributed by atoms with van der Waals surface area (Å²) in [5.74, 6) is -1.18. The Balaban J connectivity index is 2.23. The summed E-state index contributed by atoms with van der Waals surface area (Å²) >= 11 is 0. The fourth-order valence-electron chi connectivity index (χ4n) is 1.29. The molecular weight excluding hydrogens is 239 g/mol. The number of benzene rings is 1. The van der Waals surface area contributed by atoms with Gasteiger partial charge in [0, 0.05) is 12.1 Å². The first-order valence-corrected chi connectivity index (χ1v) is 5.07. The zero-order valence-corrected chi connectivity index (χ0v) is 9.42. The lowest BCUT2D eigenvalue weighted by molar-refractivity contribution is 0.0689. The molecular formula is C12H9FN2O3. The molecule has 1 heterocycles. The molecule has 92 valence electrons. The van der Waals surface area contributed by atoms with Crippen LogP contribution in [0.15, 0.2) is 30.3 Å². The summed E-state index contributed by atoms with van der Waals surface area (Å²) in [5.41, 5.74) is 0.554. The molecule has 0 aliphatic carbocycles. The first-order valence-electron chi connectivity index (χ1n) is 5.07. The van der Waals surface area contributed by atoms with Crippen molar-refractivity contribution in [1.82, 2.24) is 10.2 Å². The average molecular weight is 248 g/mol. The monoisotopic (exact) mass is 248 g/mol. The molecule has 18 heavy (non-hydrogen) atoms. The van der Waals surface area contributed by atoms with Crippen LogP contribution >= 0.6 is 0 Å². The molecule has 0 unspecified atom stereocenters. The highest BCUT2D eigenvalue weighted by atomic mass is 19.1. The number of rotatable bonds is 3. The predicted octanol–water partition coefficient (Wildman–Crippen LogP) is 2.41. The summed E-state index contributed by atoms with van der Waals surface area (Å²) in [4.78, 5) is 10.6. The highest BCUT2D eigenvalue weighted by Gasteiger charge is 2.08. The number of halogens is 1. The molecule has 0 bridgehead atoms. The van der Waals surface area contributed by atoms with Crippen LogP contribution in [0.25, 0.3) is 0 Å². The molecule has 0 radical (unpaired) electrons. The van der Waals surface area contributed by atoms with Crippen molar-refractivity contribution in [2.45, 2.75) is 6.92 Å². The predicted molar refractivity (Wildman–Crippen MR) is 60.2 cm³/mol. The van der Waals surface area contributed by atoms with E-state index in [0.717, 1.165) is 5.56 Å². The fourth-order valence-corrected chi connectivity index (χ4v) is 1.29. The number of aryl methyl sites for hydroxylation is 1. The molecule has 2 aromatic rings. The molecule has 0 aliphatic heterocycles. The second kappa shape index (κ2) is 4.79. The highest BCUT2D eigenvalue weighted by Crippen LogP contribution is 2.23. The van der Waals surface area contributed by atoms with Crippen molar-refractivity contribution in [2.24, 2.45) is 0 Å². The summed E-state index contributed by atoms with van der Waals surface area (Å²) in [5, 5.41) is 15.7. The average Bonchev–Trinajstić information content (AvgIpc) is 2.34. The second-order valence-corrected chi connectivity index (χ2v) is 3.57. The number of carboxylic acids is 1. The largest absolute Gasteiger partial charge is 0.476 e. The summed E-state index contributed by atoms with van der Waals surface area (Å²) in [7, 11) is 0. The van der Waals surface area contributed by atoms with E-state index in [0.29, 0.717) is 5.75 Å². The third-order valence-electron chi connectivity index (χ3n) is 2.22. The van der Waals surface area contributed by atoms with Crippen LogP contribution < -0.4 is 4.74 Å². The van der Waals surface area contributed by atoms with Gasteiger partial charge in [0.2, 0.25) is 5.88 Å². The smallest absolute Gasteiger partial charge is 0.356 e. The van der Waals surface area contributed by atoms with E-state index in [1.807, 2.05) is 0 Å². The van der Waals surface area contributed by atoms with Crippen molar-refractivity contribution in [2.75, 3.05) is 0 Å². The third kappa shape index (κ3) is 2.60. The first-order chi connectivity index (χ1) is 8.56. The van der Waals surface area contributed by atoms with E-state index >= 15 is 0 Å². The van der Waals surface area contributed by atoms with E-state index in [9.17, 15) is 9.18 Å². The van der Waals surface area contributed by atoms with Crippen molar-refractivity contribution in [3.05, 3.63) is 47.4 Å². The molecule has 2 rings (SSSR count). The Bertz CT molecular complexity index is 584. The maximum Gasteiger partial charge on any atom is 0.356 e. The standard InChI is InChI=1S/C12H9FN2O3/c1-7-2-3-8(13)6-10(7)18-11-5-4-9(12(16)17)14-15-11/h2-6H,1H3,(H,16,17). The van der Waals surface area contributed by atoms with Gasteiger partial charge < -0.3 is 9.84 Å². The SMILES string of the molecule is Cc1ccc(F)cc1Oc1ccc(C(=O)O)nn1. The van der Waals surface area contributed by atoms with Crippen LogP contribution in [0.1, 0.15) is 16.1 Å². The zero-order valence-electron chi connectivity index (χ0n) is 9.42. The minimum Gasteiger partial charge on any atom is -0.476 e. The molecule has 0 spiro atoms. The van der Waals surface area contributed by atoms with Crippen molar-refractivity contribution in [3.63, 3.8) is 0 Å². The van der Waals surface area contributed by atoms with Gasteiger partial charge in [-0.25, -0.2) is 9.18 Å². The molecule has 1 N–H and O–H groups in total. The Hall–Kier alpha value is -2.50. The molecule has 0 amide bonds. The topological polar surface area (TPSA) is 72.3 Å². The van der Waals surface area contributed by atoms with Crippen molar-refractivity contribution < 1.29 is 19.0 Å². The van der Waals surface area contributed by atoms with Crippen LogP contribution in [0.5, 0.6) is 11.6 Å². The van der Waals surface area contributed by atoms with Crippen LogP contribution in [0.2, 0.25) is 0 Å². The molecule has 5 nitrogen and oxygen atoms in total. The molecule has 1 aromatic carbocycles. The number of carbonyl (C=O) groups is 1. The molecule has 0 aliphatic rings. The van der Waals surface area contributed by atoms with Gasteiger partial charge in [-0.15, -0.1) is 10.2 Å². The van der Waals surface area contributed by atoms with E-state index in [4.69, 9.17) is 9.84 Å². The van der Waals surface area contributed by atoms with E-state index in [1.54, 1.807) is 13.0 Å². The van der Waals surface area contributed by atoms with Gasteiger partial charge in [0.05, 0.1) is 0 Å². The maximum absolute atomic E-state index is 13.0. The Labute approximate surface area is 102 Å². The Morgan fingerprint density at radius 3 is 2.67 bits per heavy atom. The van der Waals surface area contributed by atoms with Crippen LogP contribution in [0, 0.1) is 12.7 Å². The lowest BCUT2D eigenvalue weighted by Gasteiger charge is -2.07. The quantitative estimate of drug-likeness (QED) is 0.902. The Morgan fingerprint density at radius 2 is 2.06 bits per heavy atom. The summed E-state index contributed by atoms with van der Waals surface area (Å²) in [6, 6.07) is 6.74. The van der Waals surface area contributed by atoms with Gasteiger partial charge in [-0.05, 0) is 24.6 Å². The van der Waals surface area contributed by atoms with Crippen LogP contribution in [-0.2, 0) is 0 Å². The number of carboxylic acid groups (broad SMARTS) is 1. The summed E-state index contributed by atoms with van der Waals surface area (Å²) in [6.07, 6.45) is 0. The van der Waals surface area contributed by atoms with Crippen LogP contribution in [0.3, 0.4) is 0 Å². The van der Waals surface area contributed by atoms with Gasteiger partial charge in [0.25, 0.3) is 0 Å². The maximum atomic E-state index is 13.0. The summed E-state index contributed by atoms with van der Waals surface area (Å²) in [6.45, 7) is 1.76. The normalized spacial score (nSPS) is 10.1. The molecule has 0 saturated heterocycles. The second-order valence-electron chi connectivity index (χ2n) is 3.57. The lowest BCUT2D eigenvalue weighted by atomic mass is 10.2. The minimum absolute atomic E-state index is 0.105. The number of hydrogen-bond acceptors (Lipinski definition) is 4. The Morgan fingerprint density at radius 1 is 1.28 bits per heavy atom. The number of aromatic nitrogens is 2. The van der Waals surface area contributed by atoms with Crippen molar-refractivity contribution in [1.29, 1.82) is 0 Å². The van der Waals surface area contributed by atoms with E-state index in [-0.39, 0.29) is 11.6 Å². The first kappa shape index (κ1) is 12.0. The van der Waals surface area contributed by atoms with Crippen molar-refractivity contribution in [3.8, 4) is 11.6 Å². The van der Waals surface area contributed by atoms with Crippen LogP contribution in [-0.4, -0.2) is 21.3 Å². The lowest BCUT2D eigenvalue weighted by Crippen LogP contribution is -2.02. The highest BCUT2D eigenvalue weighted by molar-refractivity contribution is 5.84. The van der Waals surface area contributed by atoms with E-state index in [1.165, 1.54) is 24.3 Å². The minimum atomic E-state index is -1.17. The molecule has 0 fully saturated rings. The zero-order chi connectivity index (χ0) is 13.1. The molecule has 0 saturated carbocycles. The van der Waals surface area contributed by atoms with Crippen LogP contribution in [0.4, 0.5) is 4.39 Å². The van der Waals surface area contributed by atoms with Gasteiger partial charge in [-0.2, -0.15) is 0 Å². The number of aromatic carboxylic acids is 1. The van der Waals surface area contributed by atoms with Gasteiger partial charge in [0.1, 0.15) is 11.6 Å². The van der Waals surface area contributed by atoms with Gasteiger partial charge in [-0.3, -0.25) is 0 Å². The number of hydrogen-bond donors (Lipinski definition) is 1. The third-order valence-corrected chi connectivity index (χ3v) is 2.22. The fraction of sp³-hybridized carbons (Fsp3) is 0.0833. The number of nitrogens with zero attached hydrogens (tertiary/aromatic N) is 2.